The molecule has 1 unspecified atom stereocenters. The molecule has 0 radical (unpaired) electrons. The summed E-state index contributed by atoms with van der Waals surface area (Å²) in [5.41, 5.74) is 1.57. The predicted molar refractivity (Wildman–Crippen MR) is 109 cm³/mol. The lowest BCUT2D eigenvalue weighted by molar-refractivity contribution is 0.646. The molecule has 2 N–H and O–H groups in total. The van der Waals surface area contributed by atoms with Crippen LogP contribution in [0.4, 0.5) is 0 Å². The molecule has 0 bridgehead atoms. The molecular formula is C16H32IN3OS. The number of nitrogens with zero attached hydrogens (tertiary/aromatic N) is 1. The second kappa shape index (κ2) is 11.4. The summed E-state index contributed by atoms with van der Waals surface area (Å²) in [4.78, 5) is 4.21. The molecule has 1 aliphatic carbocycles. The van der Waals surface area contributed by atoms with Crippen LogP contribution >= 0.6 is 24.0 Å². The lowest BCUT2D eigenvalue weighted by atomic mass is 9.97. The minimum atomic E-state index is -0.820. The van der Waals surface area contributed by atoms with E-state index in [1.807, 2.05) is 20.8 Å². The highest BCUT2D eigenvalue weighted by atomic mass is 127. The highest BCUT2D eigenvalue weighted by molar-refractivity contribution is 14.0. The Morgan fingerprint density at radius 1 is 1.27 bits per heavy atom. The summed E-state index contributed by atoms with van der Waals surface area (Å²) < 4.78 is 11.8. The van der Waals surface area contributed by atoms with Gasteiger partial charge in [-0.05, 0) is 52.9 Å². The van der Waals surface area contributed by atoms with Crippen LogP contribution in [0.1, 0.15) is 52.9 Å². The lowest BCUT2D eigenvalue weighted by Crippen LogP contribution is -2.40. The third-order valence-electron chi connectivity index (χ3n) is 3.61. The maximum Gasteiger partial charge on any atom is 0.191 e. The molecule has 22 heavy (non-hydrogen) atoms. The Labute approximate surface area is 155 Å². The molecule has 0 saturated heterocycles. The first-order chi connectivity index (χ1) is 9.93. The van der Waals surface area contributed by atoms with Gasteiger partial charge in [-0.25, -0.2) is 0 Å². The van der Waals surface area contributed by atoms with Gasteiger partial charge in [0.1, 0.15) is 0 Å². The van der Waals surface area contributed by atoms with E-state index in [1.54, 1.807) is 12.6 Å². The third-order valence-corrected chi connectivity index (χ3v) is 5.55. The molecule has 6 heteroatoms. The minimum Gasteiger partial charge on any atom is -0.356 e. The topological polar surface area (TPSA) is 53.5 Å². The molecule has 1 atom stereocenters. The zero-order valence-electron chi connectivity index (χ0n) is 14.4. The highest BCUT2D eigenvalue weighted by Gasteiger charge is 2.18. The molecular weight excluding hydrogens is 409 g/mol. The molecule has 1 aliphatic rings. The van der Waals surface area contributed by atoms with Crippen LogP contribution in [0.3, 0.4) is 0 Å². The van der Waals surface area contributed by atoms with Crippen molar-refractivity contribution < 1.29 is 4.21 Å². The number of hydrogen-bond acceptors (Lipinski definition) is 2. The van der Waals surface area contributed by atoms with Crippen LogP contribution in [-0.4, -0.2) is 40.8 Å². The number of nitrogens with one attached hydrogen (secondary N) is 2. The Kier molecular flexibility index (Phi) is 11.4. The first-order valence-electron chi connectivity index (χ1n) is 7.94. The summed E-state index contributed by atoms with van der Waals surface area (Å²) in [5.74, 6) is 1.45. The molecule has 4 nitrogen and oxygen atoms in total. The van der Waals surface area contributed by atoms with Gasteiger partial charge in [-0.3, -0.25) is 9.20 Å². The summed E-state index contributed by atoms with van der Waals surface area (Å²) in [6, 6.07) is 0. The minimum absolute atomic E-state index is 0. The van der Waals surface area contributed by atoms with Gasteiger partial charge in [-0.1, -0.05) is 11.6 Å². The number of hydrogen-bond donors (Lipinski definition) is 2. The molecule has 0 aliphatic heterocycles. The normalized spacial score (nSPS) is 17.3. The first-order valence-corrected chi connectivity index (χ1v) is 9.26. The second-order valence-electron chi connectivity index (χ2n) is 6.45. The Bertz CT molecular complexity index is 403. The lowest BCUT2D eigenvalue weighted by Gasteiger charge is -2.19. The van der Waals surface area contributed by atoms with E-state index in [0.29, 0.717) is 12.3 Å². The van der Waals surface area contributed by atoms with E-state index in [4.69, 9.17) is 0 Å². The van der Waals surface area contributed by atoms with Crippen molar-refractivity contribution in [1.82, 2.24) is 10.6 Å². The average molecular weight is 441 g/mol. The molecule has 0 amide bonds. The summed E-state index contributed by atoms with van der Waals surface area (Å²) in [5, 5.41) is 6.56. The Morgan fingerprint density at radius 2 is 1.95 bits per heavy atom. The third kappa shape index (κ3) is 9.12. The van der Waals surface area contributed by atoms with Crippen LogP contribution in [0, 0.1) is 0 Å². The van der Waals surface area contributed by atoms with E-state index in [2.05, 4.69) is 21.7 Å². The van der Waals surface area contributed by atoms with Gasteiger partial charge < -0.3 is 10.6 Å². The van der Waals surface area contributed by atoms with E-state index in [1.165, 1.54) is 25.7 Å². The van der Waals surface area contributed by atoms with Crippen LogP contribution < -0.4 is 10.6 Å². The van der Waals surface area contributed by atoms with Crippen molar-refractivity contribution in [2.75, 3.05) is 25.9 Å². The molecule has 0 aromatic rings. The van der Waals surface area contributed by atoms with Crippen LogP contribution in [0.15, 0.2) is 16.6 Å². The van der Waals surface area contributed by atoms with Gasteiger partial charge in [0.05, 0.1) is 0 Å². The van der Waals surface area contributed by atoms with Crippen molar-refractivity contribution >= 4 is 40.7 Å². The number of guanidine groups is 1. The fourth-order valence-electron chi connectivity index (χ4n) is 2.26. The Morgan fingerprint density at radius 3 is 2.50 bits per heavy atom. The summed E-state index contributed by atoms with van der Waals surface area (Å²) in [6.45, 7) is 7.62. The Hall–Kier alpha value is -0.110. The van der Waals surface area contributed by atoms with Crippen molar-refractivity contribution in [2.45, 2.75) is 57.6 Å². The smallest absolute Gasteiger partial charge is 0.191 e. The molecule has 1 rings (SSSR count). The van der Waals surface area contributed by atoms with Gasteiger partial charge in [0.15, 0.2) is 5.96 Å². The highest BCUT2D eigenvalue weighted by Crippen LogP contribution is 2.19. The van der Waals surface area contributed by atoms with Crippen LogP contribution in [0.2, 0.25) is 0 Å². The zero-order valence-corrected chi connectivity index (χ0v) is 17.6. The molecule has 0 aromatic heterocycles. The molecule has 0 aromatic carbocycles. The van der Waals surface area contributed by atoms with Crippen molar-refractivity contribution in [3.63, 3.8) is 0 Å². The van der Waals surface area contributed by atoms with Gasteiger partial charge >= 0.3 is 0 Å². The Balaban J connectivity index is 0.00000441. The van der Waals surface area contributed by atoms with E-state index in [-0.39, 0.29) is 28.7 Å². The van der Waals surface area contributed by atoms with Crippen molar-refractivity contribution in [2.24, 2.45) is 4.99 Å². The van der Waals surface area contributed by atoms with Crippen molar-refractivity contribution in [3.8, 4) is 0 Å². The predicted octanol–water partition coefficient (Wildman–Crippen LogP) is 3.21. The standard InChI is InChI=1S/C16H31N3OS.HI/c1-16(2,3)21(20)13-12-19-15(17-4)18-11-10-14-8-6-5-7-9-14;/h8H,5-7,9-13H2,1-4H3,(H2,17,18,19);1H. The molecule has 0 fully saturated rings. The zero-order chi connectivity index (χ0) is 15.7. The molecule has 130 valence electrons. The van der Waals surface area contributed by atoms with E-state index in [9.17, 15) is 4.21 Å². The van der Waals surface area contributed by atoms with E-state index >= 15 is 0 Å². The SMILES string of the molecule is CN=C(NCCC1=CCCCC1)NCCS(=O)C(C)(C)C.I. The molecule has 0 saturated carbocycles. The monoisotopic (exact) mass is 441 g/mol. The largest absolute Gasteiger partial charge is 0.356 e. The van der Waals surface area contributed by atoms with Crippen LogP contribution in [0.25, 0.3) is 0 Å². The van der Waals surface area contributed by atoms with Gasteiger partial charge in [0.2, 0.25) is 0 Å². The number of allylic oxidation sites excluding steroid dienone is 1. The number of rotatable bonds is 6. The van der Waals surface area contributed by atoms with Gasteiger partial charge in [-0.15, -0.1) is 24.0 Å². The quantitative estimate of drug-likeness (QED) is 0.288. The van der Waals surface area contributed by atoms with Crippen molar-refractivity contribution in [3.05, 3.63) is 11.6 Å². The summed E-state index contributed by atoms with van der Waals surface area (Å²) in [7, 11) is 0.954. The van der Waals surface area contributed by atoms with Crippen LogP contribution in [0.5, 0.6) is 0 Å². The van der Waals surface area contributed by atoms with Crippen molar-refractivity contribution in [1.29, 1.82) is 0 Å². The molecule has 0 spiro atoms. The maximum absolute atomic E-state index is 12.0. The fraction of sp³-hybridized carbons (Fsp3) is 0.812. The molecule has 0 heterocycles. The maximum atomic E-state index is 12.0. The number of halogens is 1. The fourth-order valence-corrected chi connectivity index (χ4v) is 3.16. The average Bonchev–Trinajstić information content (AvgIpc) is 2.45. The summed E-state index contributed by atoms with van der Waals surface area (Å²) in [6.07, 6.45) is 8.63. The van der Waals surface area contributed by atoms with Gasteiger partial charge in [-0.2, -0.15) is 0 Å². The second-order valence-corrected chi connectivity index (χ2v) is 8.77. The van der Waals surface area contributed by atoms with E-state index < -0.39 is 10.8 Å². The van der Waals surface area contributed by atoms with E-state index in [0.717, 1.165) is 18.9 Å². The first kappa shape index (κ1) is 21.9. The number of aliphatic imine (C=N–C) groups is 1. The summed E-state index contributed by atoms with van der Waals surface area (Å²) >= 11 is 0. The van der Waals surface area contributed by atoms with Gasteiger partial charge in [0.25, 0.3) is 0 Å². The van der Waals surface area contributed by atoms with Crippen LogP contribution in [-0.2, 0) is 10.8 Å². The van der Waals surface area contributed by atoms with Gasteiger partial charge in [0, 0.05) is 41.4 Å².